The van der Waals surface area contributed by atoms with Gasteiger partial charge in [-0.25, -0.2) is 19.3 Å². The minimum atomic E-state index is -5.74. The van der Waals surface area contributed by atoms with E-state index < -0.39 is 103 Å². The molecule has 44 heavy (non-hydrogen) atoms. The number of aromatic nitrogens is 4. The van der Waals surface area contributed by atoms with Gasteiger partial charge < -0.3 is 69.1 Å². The molecule has 10 atom stereocenters. The Morgan fingerprint density at radius 1 is 0.955 bits per heavy atom. The van der Waals surface area contributed by atoms with E-state index in [2.05, 4.69) is 28.3 Å². The minimum absolute atomic E-state index is 0.0203. The molecule has 2 aliphatic rings. The summed E-state index contributed by atoms with van der Waals surface area (Å²) in [6, 6.07) is 0. The van der Waals surface area contributed by atoms with Crippen molar-refractivity contribution in [2.24, 2.45) is 0 Å². The van der Waals surface area contributed by atoms with Crippen molar-refractivity contribution < 1.29 is 81.6 Å². The minimum Gasteiger partial charge on any atom is -0.756 e. The smallest absolute Gasteiger partial charge is 0.306 e. The van der Waals surface area contributed by atoms with Crippen LogP contribution in [0.25, 0.3) is 11.2 Å². The normalized spacial score (nSPS) is 31.5. The first-order valence-electron chi connectivity index (χ1n) is 12.6. The fraction of sp³-hybridized carbons (Fsp3) is 0.650. The number of carbonyl (C=O) groups is 2. The summed E-state index contributed by atoms with van der Waals surface area (Å²) < 4.78 is 53.6. The number of ether oxygens (including phenoxy) is 3. The number of rotatable bonds is 14. The maximum Gasteiger partial charge on any atom is 0.306 e. The molecule has 2 aromatic rings. The average molecular weight is 670 g/mol. The first kappa shape index (κ1) is 34.2. The van der Waals surface area contributed by atoms with Crippen LogP contribution in [0.3, 0.4) is 0 Å². The van der Waals surface area contributed by atoms with Crippen molar-refractivity contribution in [2.45, 2.75) is 68.4 Å². The molecule has 4 heterocycles. The van der Waals surface area contributed by atoms with E-state index in [0.29, 0.717) is 0 Å². The lowest BCUT2D eigenvalue weighted by Gasteiger charge is -2.32. The summed E-state index contributed by atoms with van der Waals surface area (Å²) >= 11 is 0. The molecular weight excluding hydrogens is 644 g/mol. The van der Waals surface area contributed by atoms with Gasteiger partial charge in [0.25, 0.3) is 15.6 Å². The number of nitrogens with zero attached hydrogens (tertiary/aromatic N) is 4. The van der Waals surface area contributed by atoms with E-state index in [0.717, 1.165) is 6.33 Å². The second kappa shape index (κ2) is 13.7. The van der Waals surface area contributed by atoms with E-state index in [4.69, 9.17) is 19.9 Å². The third kappa shape index (κ3) is 8.12. The first-order chi connectivity index (χ1) is 20.6. The number of fused-ring (bicyclic) bond motifs is 1. The molecule has 0 bridgehead atoms. The number of carbonyl (C=O) groups excluding carboxylic acids is 2. The number of anilines is 1. The van der Waals surface area contributed by atoms with Gasteiger partial charge in [-0.3, -0.25) is 18.5 Å². The van der Waals surface area contributed by atoms with E-state index in [-0.39, 0.29) is 23.4 Å². The summed E-state index contributed by atoms with van der Waals surface area (Å²) in [6.07, 6.45) is -12.1. The van der Waals surface area contributed by atoms with Gasteiger partial charge in [0.1, 0.15) is 42.4 Å². The summed E-state index contributed by atoms with van der Waals surface area (Å²) in [5.41, 5.74) is 6.00. The van der Waals surface area contributed by atoms with Gasteiger partial charge in [-0.2, -0.15) is 0 Å². The number of carboxylic acids is 1. The SMILES string of the molecule is Nc1ncnc2c1ncn2[C@@H]1O[C@H](COP(=O)([O-])OP(=O)([O-])OC[C@H]2OC(O)[C@H](OC(=O)CCCC(=O)[O-])[C@@H]2O)[C@@H](O)[C@H]1O. The lowest BCUT2D eigenvalue weighted by atomic mass is 10.1. The number of aliphatic hydroxyl groups excluding tert-OH is 4. The largest absolute Gasteiger partial charge is 0.756 e. The Kier molecular flexibility index (Phi) is 10.7. The lowest BCUT2D eigenvalue weighted by molar-refractivity contribution is -0.305. The van der Waals surface area contributed by atoms with Gasteiger partial charge in [-0.05, 0) is 12.8 Å². The molecule has 22 nitrogen and oxygen atoms in total. The van der Waals surface area contributed by atoms with Crippen LogP contribution in [0.1, 0.15) is 25.5 Å². The zero-order chi connectivity index (χ0) is 32.4. The van der Waals surface area contributed by atoms with Crippen LogP contribution in [-0.2, 0) is 46.3 Å². The number of phosphoric ester groups is 2. The van der Waals surface area contributed by atoms with Crippen LogP contribution in [-0.4, -0.2) is 108 Å². The number of aliphatic hydroxyl groups is 4. The van der Waals surface area contributed by atoms with Crippen molar-refractivity contribution in [1.29, 1.82) is 0 Å². The highest BCUT2D eigenvalue weighted by molar-refractivity contribution is 7.59. The van der Waals surface area contributed by atoms with Crippen LogP contribution in [0.2, 0.25) is 0 Å². The quantitative estimate of drug-likeness (QED) is 0.0926. The number of esters is 1. The number of phosphoric acid groups is 2. The maximum atomic E-state index is 12.2. The Morgan fingerprint density at radius 2 is 1.59 bits per heavy atom. The van der Waals surface area contributed by atoms with E-state index in [1.54, 1.807) is 0 Å². The van der Waals surface area contributed by atoms with Crippen molar-refractivity contribution in [3.63, 3.8) is 0 Å². The molecule has 2 saturated heterocycles. The Labute approximate surface area is 246 Å². The number of hydrogen-bond acceptors (Lipinski definition) is 21. The van der Waals surface area contributed by atoms with Crippen molar-refractivity contribution in [1.82, 2.24) is 19.5 Å². The maximum absolute atomic E-state index is 12.2. The van der Waals surface area contributed by atoms with E-state index >= 15 is 0 Å². The highest BCUT2D eigenvalue weighted by Crippen LogP contribution is 2.56. The van der Waals surface area contributed by atoms with Crippen molar-refractivity contribution in [2.75, 3.05) is 18.9 Å². The van der Waals surface area contributed by atoms with E-state index in [1.807, 2.05) is 0 Å². The summed E-state index contributed by atoms with van der Waals surface area (Å²) in [4.78, 5) is 58.3. The predicted octanol–water partition coefficient (Wildman–Crippen LogP) is -5.08. The predicted molar refractivity (Wildman–Crippen MR) is 129 cm³/mol. The Balaban J connectivity index is 1.27. The summed E-state index contributed by atoms with van der Waals surface area (Å²) in [5.74, 6) is -2.39. The second-order valence-corrected chi connectivity index (χ2v) is 12.4. The van der Waals surface area contributed by atoms with Gasteiger partial charge in [0.2, 0.25) is 0 Å². The van der Waals surface area contributed by atoms with E-state index in [1.165, 1.54) is 10.9 Å². The van der Waals surface area contributed by atoms with Crippen molar-refractivity contribution >= 4 is 44.6 Å². The number of nitrogen functional groups attached to an aromatic ring is 1. The zero-order valence-corrected chi connectivity index (χ0v) is 24.0. The van der Waals surface area contributed by atoms with Gasteiger partial charge in [0.15, 0.2) is 30.1 Å². The lowest BCUT2D eigenvalue weighted by Crippen LogP contribution is -2.38. The van der Waals surface area contributed by atoms with Gasteiger partial charge in [0.05, 0.1) is 19.5 Å². The fourth-order valence-electron chi connectivity index (χ4n) is 4.22. The number of nitrogens with two attached hydrogens (primary N) is 1. The number of carboxylic acid groups (broad SMARTS) is 1. The van der Waals surface area contributed by atoms with Crippen LogP contribution in [0.15, 0.2) is 12.7 Å². The molecule has 0 aliphatic carbocycles. The van der Waals surface area contributed by atoms with Crippen molar-refractivity contribution in [3.05, 3.63) is 12.7 Å². The van der Waals surface area contributed by atoms with Gasteiger partial charge >= 0.3 is 5.97 Å². The molecule has 0 aromatic carbocycles. The van der Waals surface area contributed by atoms with Crippen LogP contribution in [0, 0.1) is 0 Å². The third-order valence-corrected chi connectivity index (χ3v) is 8.86. The average Bonchev–Trinajstić information content (AvgIpc) is 3.56. The van der Waals surface area contributed by atoms with Gasteiger partial charge in [0, 0.05) is 12.4 Å². The molecule has 3 unspecified atom stereocenters. The second-order valence-electron chi connectivity index (χ2n) is 9.43. The van der Waals surface area contributed by atoms with Crippen LogP contribution in [0.5, 0.6) is 0 Å². The van der Waals surface area contributed by atoms with Crippen LogP contribution >= 0.6 is 15.6 Å². The van der Waals surface area contributed by atoms with Gasteiger partial charge in [-0.1, -0.05) is 0 Å². The number of imidazole rings is 1. The molecule has 2 aromatic heterocycles. The zero-order valence-electron chi connectivity index (χ0n) is 22.2. The summed E-state index contributed by atoms with van der Waals surface area (Å²) in [5, 5.41) is 51.3. The standard InChI is InChI=1S/C20H29N5O17P2/c21-17-12-18(23-6-22-17)25(7-24-12)19-15(31)13(29)8(39-19)4-37-43(33,34)42-44(35,36)38-5-9-14(30)16(20(32)40-9)41-11(28)3-1-2-10(26)27/h6-9,13-16,19-20,29-32H,1-5H2,(H,26,27)(H,33,34)(H,35,36)(H2,21,22,23)/p-3/t8-,9-,13-,14-,15-,16-,19-,20?/m1/s1. The first-order valence-corrected chi connectivity index (χ1v) is 15.5. The summed E-state index contributed by atoms with van der Waals surface area (Å²) in [7, 11) is -11.5. The monoisotopic (exact) mass is 670 g/mol. The highest BCUT2D eigenvalue weighted by atomic mass is 31.3. The molecule has 4 rings (SSSR count). The molecule has 6 N–H and O–H groups in total. The Morgan fingerprint density at radius 3 is 2.23 bits per heavy atom. The molecule has 0 radical (unpaired) electrons. The van der Waals surface area contributed by atoms with Crippen LogP contribution < -0.4 is 20.6 Å². The molecule has 2 aliphatic heterocycles. The number of aliphatic carboxylic acids is 1. The molecule has 246 valence electrons. The molecule has 0 spiro atoms. The molecule has 0 amide bonds. The topological polar surface area (TPSA) is 343 Å². The van der Waals surface area contributed by atoms with E-state index in [9.17, 15) is 54.0 Å². The Bertz CT molecular complexity index is 1440. The van der Waals surface area contributed by atoms with Crippen molar-refractivity contribution in [3.8, 4) is 0 Å². The highest BCUT2D eigenvalue weighted by Gasteiger charge is 2.47. The van der Waals surface area contributed by atoms with Gasteiger partial charge in [-0.15, -0.1) is 0 Å². The van der Waals surface area contributed by atoms with Crippen LogP contribution in [0.4, 0.5) is 5.82 Å². The fourth-order valence-corrected chi connectivity index (χ4v) is 6.24. The Hall–Kier alpha value is -2.69. The number of hydrogen-bond donors (Lipinski definition) is 5. The molecular formula is C20H26N5O17P2-3. The molecule has 24 heteroatoms. The summed E-state index contributed by atoms with van der Waals surface area (Å²) in [6.45, 7) is -2.13. The molecule has 2 fully saturated rings. The third-order valence-electron chi connectivity index (χ3n) is 6.33. The molecule has 0 saturated carbocycles.